The zero-order chi connectivity index (χ0) is 25.8. The van der Waals surface area contributed by atoms with Crippen LogP contribution in [0.2, 0.25) is 0 Å². The molecule has 0 radical (unpaired) electrons. The Bertz CT molecular complexity index is 875. The fourth-order valence-electron chi connectivity index (χ4n) is 4.45. The maximum Gasteiger partial charge on any atom is 0.316 e. The van der Waals surface area contributed by atoms with Gasteiger partial charge in [0.15, 0.2) is 17.7 Å². The number of ether oxygens (including phenoxy) is 2. The van der Waals surface area contributed by atoms with Crippen LogP contribution in [0, 0.1) is 0 Å². The van der Waals surface area contributed by atoms with E-state index >= 15 is 0 Å². The first-order valence-corrected chi connectivity index (χ1v) is 14.2. The summed E-state index contributed by atoms with van der Waals surface area (Å²) in [7, 11) is 3.52. The second-order valence-corrected chi connectivity index (χ2v) is 9.81. The molecule has 0 aliphatic rings. The maximum atomic E-state index is 12.4. The lowest BCUT2D eigenvalue weighted by atomic mass is 10.0. The Morgan fingerprint density at radius 2 is 1.41 bits per heavy atom. The van der Waals surface area contributed by atoms with Gasteiger partial charge in [-0.05, 0) is 30.2 Å². The quantitative estimate of drug-likeness (QED) is 0.136. The predicted molar refractivity (Wildman–Crippen MR) is 148 cm³/mol. The third kappa shape index (κ3) is 14.0. The molecule has 1 heterocycles. The number of amides is 1. The van der Waals surface area contributed by atoms with E-state index in [1.54, 1.807) is 7.11 Å². The number of benzene rings is 1. The van der Waals surface area contributed by atoms with Gasteiger partial charge in [0.2, 0.25) is 0 Å². The molecule has 208 valence electrons. The fraction of sp³-hybridized carbons (Fsp3) is 0.613. The van der Waals surface area contributed by atoms with Crippen LogP contribution in [-0.2, 0) is 13.6 Å². The van der Waals surface area contributed by atoms with Gasteiger partial charge in [0.1, 0.15) is 7.05 Å². The average Bonchev–Trinajstić information content (AvgIpc) is 2.90. The molecule has 0 unspecified atom stereocenters. The number of aromatic nitrogens is 1. The number of hydrogen-bond donors (Lipinski definition) is 1. The topological polar surface area (TPSA) is 51.4 Å². The van der Waals surface area contributed by atoms with Crippen molar-refractivity contribution >= 4 is 5.91 Å². The Morgan fingerprint density at radius 3 is 1.97 bits per heavy atom. The van der Waals surface area contributed by atoms with E-state index in [9.17, 15) is 4.79 Å². The number of pyridine rings is 1. The summed E-state index contributed by atoms with van der Waals surface area (Å²) < 4.78 is 13.3. The van der Waals surface area contributed by atoms with E-state index in [1.165, 1.54) is 83.5 Å². The van der Waals surface area contributed by atoms with Gasteiger partial charge in [-0.3, -0.25) is 4.79 Å². The lowest BCUT2D eigenvalue weighted by molar-refractivity contribution is -0.673. The van der Waals surface area contributed by atoms with E-state index in [0.717, 1.165) is 17.7 Å². The highest BCUT2D eigenvalue weighted by molar-refractivity contribution is 5.90. The molecule has 5 nitrogen and oxygen atoms in total. The van der Waals surface area contributed by atoms with Gasteiger partial charge in [0.25, 0.3) is 5.69 Å². The molecule has 37 heavy (non-hydrogen) atoms. The minimum absolute atomic E-state index is 0. The van der Waals surface area contributed by atoms with Crippen LogP contribution in [0.4, 0.5) is 0 Å². The molecule has 0 spiro atoms. The number of carbonyl (C=O) groups excluding carboxylic acids is 1. The molecule has 1 aromatic carbocycles. The molecule has 0 atom stereocenters. The number of hydrogen-bond acceptors (Lipinski definition) is 3. The molecule has 0 bridgehead atoms. The van der Waals surface area contributed by atoms with Gasteiger partial charge >= 0.3 is 5.91 Å². The van der Waals surface area contributed by atoms with Crippen molar-refractivity contribution in [2.75, 3.05) is 13.7 Å². The summed E-state index contributed by atoms with van der Waals surface area (Å²) in [5, 5.41) is 2.97. The molecule has 2 aromatic rings. The Hall–Kier alpha value is -1.83. The first-order chi connectivity index (χ1) is 17.7. The van der Waals surface area contributed by atoms with E-state index in [4.69, 9.17) is 9.47 Å². The maximum absolute atomic E-state index is 12.4. The highest BCUT2D eigenvalue weighted by Gasteiger charge is 2.15. The number of halogens is 1. The number of carbonyl (C=O) groups is 1. The van der Waals surface area contributed by atoms with Crippen LogP contribution in [0.1, 0.15) is 113 Å². The van der Waals surface area contributed by atoms with Gasteiger partial charge in [-0.2, -0.15) is 4.57 Å². The van der Waals surface area contributed by atoms with Crippen LogP contribution in [0.15, 0.2) is 42.6 Å². The average molecular weight is 625 g/mol. The Balaban J connectivity index is 0.00000684. The number of methoxy groups -OCH3 is 1. The van der Waals surface area contributed by atoms with Crippen LogP contribution >= 0.6 is 0 Å². The Kier molecular flexibility index (Phi) is 19.0. The molecule has 2 rings (SSSR count). The van der Waals surface area contributed by atoms with Gasteiger partial charge < -0.3 is 38.8 Å². The smallest absolute Gasteiger partial charge is 0.316 e. The van der Waals surface area contributed by atoms with Crippen LogP contribution in [0.25, 0.3) is 0 Å². The molecule has 0 aliphatic heterocycles. The molecular formula is C31H49IN2O3. The molecular weight excluding hydrogens is 575 g/mol. The Morgan fingerprint density at radius 1 is 0.811 bits per heavy atom. The summed E-state index contributed by atoms with van der Waals surface area (Å²) in [6, 6.07) is 11.4. The molecule has 1 aromatic heterocycles. The first kappa shape index (κ1) is 33.2. The van der Waals surface area contributed by atoms with Crippen LogP contribution in [0.5, 0.6) is 11.5 Å². The minimum atomic E-state index is -0.102. The summed E-state index contributed by atoms with van der Waals surface area (Å²) in [5.41, 5.74) is 1.60. The molecule has 0 saturated carbocycles. The van der Waals surface area contributed by atoms with Gasteiger partial charge in [0.05, 0.1) is 13.7 Å². The summed E-state index contributed by atoms with van der Waals surface area (Å²) in [5.74, 6) is 1.37. The normalized spacial score (nSPS) is 10.6. The number of rotatable bonds is 20. The summed E-state index contributed by atoms with van der Waals surface area (Å²) >= 11 is 0. The van der Waals surface area contributed by atoms with Gasteiger partial charge in [0, 0.05) is 18.7 Å². The van der Waals surface area contributed by atoms with Gasteiger partial charge in [-0.25, -0.2) is 0 Å². The van der Waals surface area contributed by atoms with E-state index in [1.807, 2.05) is 54.2 Å². The first-order valence-electron chi connectivity index (χ1n) is 14.2. The van der Waals surface area contributed by atoms with Gasteiger partial charge in [-0.1, -0.05) is 96.5 Å². The largest absolute Gasteiger partial charge is 1.00 e. The minimum Gasteiger partial charge on any atom is -1.00 e. The predicted octanol–water partition coefficient (Wildman–Crippen LogP) is 4.31. The summed E-state index contributed by atoms with van der Waals surface area (Å²) in [6.45, 7) is 3.42. The molecule has 0 aliphatic carbocycles. The van der Waals surface area contributed by atoms with Crippen molar-refractivity contribution in [2.24, 2.45) is 7.05 Å². The lowest BCUT2D eigenvalue weighted by Crippen LogP contribution is -3.00. The summed E-state index contributed by atoms with van der Waals surface area (Å²) in [4.78, 5) is 12.4. The zero-order valence-electron chi connectivity index (χ0n) is 23.4. The van der Waals surface area contributed by atoms with Crippen LogP contribution < -0.4 is 43.3 Å². The molecule has 1 amide bonds. The van der Waals surface area contributed by atoms with Crippen LogP contribution in [-0.4, -0.2) is 19.6 Å². The van der Waals surface area contributed by atoms with E-state index in [-0.39, 0.29) is 29.9 Å². The van der Waals surface area contributed by atoms with Crippen molar-refractivity contribution in [3.05, 3.63) is 53.9 Å². The standard InChI is InChI=1S/C31H48N2O3.HI/c1-4-5-6-7-8-9-10-11-12-13-14-15-16-19-24-36-29-22-21-27(25-30(29)35-3)26-32-31(34)28-20-17-18-23-33(28)2;/h17-18,20-23,25H,4-16,19,24,26H2,1-3H3;1H. The number of nitrogens with zero attached hydrogens (tertiary/aromatic N) is 1. The molecule has 1 N–H and O–H groups in total. The van der Waals surface area contributed by atoms with E-state index in [2.05, 4.69) is 12.2 Å². The van der Waals surface area contributed by atoms with Crippen molar-refractivity contribution in [3.8, 4) is 11.5 Å². The molecule has 6 heteroatoms. The summed E-state index contributed by atoms with van der Waals surface area (Å²) in [6.07, 6.45) is 20.8. The second-order valence-electron chi connectivity index (χ2n) is 9.81. The van der Waals surface area contributed by atoms with Crippen LogP contribution in [0.3, 0.4) is 0 Å². The fourth-order valence-corrected chi connectivity index (χ4v) is 4.45. The number of unbranched alkanes of at least 4 members (excludes halogenated alkanes) is 13. The van der Waals surface area contributed by atoms with Crippen molar-refractivity contribution in [1.29, 1.82) is 0 Å². The molecule has 0 fully saturated rings. The second kappa shape index (κ2) is 21.1. The third-order valence-corrected chi connectivity index (χ3v) is 6.72. The van der Waals surface area contributed by atoms with Crippen molar-refractivity contribution in [3.63, 3.8) is 0 Å². The van der Waals surface area contributed by atoms with Crippen molar-refractivity contribution < 1.29 is 42.8 Å². The van der Waals surface area contributed by atoms with E-state index in [0.29, 0.717) is 24.6 Å². The monoisotopic (exact) mass is 624 g/mol. The highest BCUT2D eigenvalue weighted by Crippen LogP contribution is 2.28. The van der Waals surface area contributed by atoms with E-state index < -0.39 is 0 Å². The molecule has 0 saturated heterocycles. The third-order valence-electron chi connectivity index (χ3n) is 6.72. The number of aryl methyl sites for hydroxylation is 1. The highest BCUT2D eigenvalue weighted by atomic mass is 127. The van der Waals surface area contributed by atoms with Crippen molar-refractivity contribution in [2.45, 2.75) is 103 Å². The number of nitrogens with one attached hydrogen (secondary N) is 1. The zero-order valence-corrected chi connectivity index (χ0v) is 25.6. The lowest BCUT2D eigenvalue weighted by Gasteiger charge is -2.12. The SMILES string of the molecule is CCCCCCCCCCCCCCCCOc1ccc(CNC(=O)c2cccc[n+]2C)cc1OC.[I-]. The Labute approximate surface area is 242 Å². The van der Waals surface area contributed by atoms with Gasteiger partial charge in [-0.15, -0.1) is 0 Å². The van der Waals surface area contributed by atoms with Crippen molar-refractivity contribution in [1.82, 2.24) is 5.32 Å².